The van der Waals surface area contributed by atoms with Crippen molar-refractivity contribution in [1.29, 1.82) is 0 Å². The quantitative estimate of drug-likeness (QED) is 0.295. The van der Waals surface area contributed by atoms with Gasteiger partial charge in [0.15, 0.2) is 5.72 Å². The number of amides is 1. The van der Waals surface area contributed by atoms with Gasteiger partial charge in [0.25, 0.3) is 0 Å². The number of carboxylic acid groups (broad SMARTS) is 1. The highest BCUT2D eigenvalue weighted by molar-refractivity contribution is 14.1. The first kappa shape index (κ1) is 19.9. The van der Waals surface area contributed by atoms with Gasteiger partial charge in [0.2, 0.25) is 0 Å². The normalized spacial score (nSPS) is 26.7. The second-order valence-corrected chi connectivity index (χ2v) is 8.98. The van der Waals surface area contributed by atoms with Crippen LogP contribution in [0, 0.1) is 15.4 Å². The maximum Gasteiger partial charge on any atom is 0.410 e. The fourth-order valence-electron chi connectivity index (χ4n) is 5.18. The minimum absolute atomic E-state index is 0.0730. The molecule has 26 heavy (non-hydrogen) atoms. The van der Waals surface area contributed by atoms with E-state index in [1.165, 1.54) is 12.8 Å². The van der Waals surface area contributed by atoms with Crippen molar-refractivity contribution in [3.63, 3.8) is 0 Å². The third-order valence-corrected chi connectivity index (χ3v) is 7.32. The van der Waals surface area contributed by atoms with Crippen molar-refractivity contribution in [3.05, 3.63) is 33.4 Å². The molecule has 3 rings (SSSR count). The first-order chi connectivity index (χ1) is 12.5. The van der Waals surface area contributed by atoms with E-state index in [0.29, 0.717) is 18.3 Å². The van der Waals surface area contributed by atoms with Crippen LogP contribution in [0.25, 0.3) is 0 Å². The summed E-state index contributed by atoms with van der Waals surface area (Å²) in [5.74, 6) is 1.17. The molecule has 1 N–H and O–H groups in total. The van der Waals surface area contributed by atoms with Gasteiger partial charge in [0.05, 0.1) is 0 Å². The molecule has 0 spiro atoms. The maximum absolute atomic E-state index is 12.5. The molecule has 144 valence electrons. The van der Waals surface area contributed by atoms with Gasteiger partial charge in [-0.25, -0.2) is 4.79 Å². The van der Waals surface area contributed by atoms with Gasteiger partial charge in [-0.1, -0.05) is 44.4 Å². The average Bonchev–Trinajstić information content (AvgIpc) is 3.24. The number of ether oxygens (including phenoxy) is 1. The Hall–Kier alpha value is -0.820. The predicted octanol–water partition coefficient (Wildman–Crippen LogP) is 5.84. The second-order valence-electron chi connectivity index (χ2n) is 7.82. The molecule has 2 saturated carbocycles. The lowest BCUT2D eigenvalue weighted by atomic mass is 9.88. The van der Waals surface area contributed by atoms with Crippen molar-refractivity contribution < 1.29 is 14.6 Å². The number of rotatable bonds is 8. The number of fused-ring (bicyclic) bond motifs is 2. The van der Waals surface area contributed by atoms with Crippen LogP contribution in [0.15, 0.2) is 24.3 Å². The third-order valence-electron chi connectivity index (χ3n) is 6.38. The summed E-state index contributed by atoms with van der Waals surface area (Å²) in [6.45, 7) is 2.17. The van der Waals surface area contributed by atoms with E-state index in [1.807, 2.05) is 24.3 Å². The Morgan fingerprint density at radius 1 is 1.31 bits per heavy atom. The predicted molar refractivity (Wildman–Crippen MR) is 111 cm³/mol. The number of hydrogen-bond acceptors (Lipinski definition) is 2. The Morgan fingerprint density at radius 3 is 2.62 bits per heavy atom. The maximum atomic E-state index is 12.5. The fourth-order valence-corrected chi connectivity index (χ4v) is 5.99. The van der Waals surface area contributed by atoms with Crippen LogP contribution >= 0.6 is 22.6 Å². The Morgan fingerprint density at radius 2 is 2.08 bits per heavy atom. The molecule has 5 heteroatoms. The number of nitrogens with zero attached hydrogens (tertiary/aromatic N) is 1. The van der Waals surface area contributed by atoms with E-state index >= 15 is 0 Å². The molecule has 2 bridgehead atoms. The minimum atomic E-state index is -0.895. The topological polar surface area (TPSA) is 49.8 Å². The largest absolute Gasteiger partial charge is 0.465 e. The zero-order valence-corrected chi connectivity index (χ0v) is 17.9. The van der Waals surface area contributed by atoms with E-state index in [9.17, 15) is 9.90 Å². The van der Waals surface area contributed by atoms with Gasteiger partial charge in [-0.05, 0) is 66.2 Å². The summed E-state index contributed by atoms with van der Waals surface area (Å²) in [5.41, 5.74) is 0.0953. The van der Waals surface area contributed by atoms with Gasteiger partial charge in [-0.15, -0.1) is 0 Å². The molecule has 0 heterocycles. The van der Waals surface area contributed by atoms with Crippen molar-refractivity contribution in [2.75, 3.05) is 7.11 Å². The third kappa shape index (κ3) is 3.61. The number of carbonyl (C=O) groups is 1. The first-order valence-corrected chi connectivity index (χ1v) is 10.9. The molecule has 0 radical (unpaired) electrons. The van der Waals surface area contributed by atoms with Gasteiger partial charge < -0.3 is 9.84 Å². The molecule has 1 aromatic carbocycles. The summed E-state index contributed by atoms with van der Waals surface area (Å²) in [6, 6.07) is 8.15. The van der Waals surface area contributed by atoms with Crippen LogP contribution in [0.1, 0.15) is 63.9 Å². The van der Waals surface area contributed by atoms with Crippen LogP contribution in [0.3, 0.4) is 0 Å². The van der Waals surface area contributed by atoms with Crippen LogP contribution in [0.5, 0.6) is 0 Å². The van der Waals surface area contributed by atoms with Crippen molar-refractivity contribution in [2.45, 2.75) is 70.1 Å². The van der Waals surface area contributed by atoms with Crippen LogP contribution in [-0.2, 0) is 10.5 Å². The lowest BCUT2D eigenvalue weighted by molar-refractivity contribution is -0.156. The highest BCUT2D eigenvalue weighted by atomic mass is 127. The van der Waals surface area contributed by atoms with Gasteiger partial charge >= 0.3 is 6.09 Å². The fraction of sp³-hybridized carbons (Fsp3) is 0.667. The summed E-state index contributed by atoms with van der Waals surface area (Å²) in [5, 5.41) is 10.3. The summed E-state index contributed by atoms with van der Waals surface area (Å²) in [4.78, 5) is 14.2. The standard InChI is InChI=1S/C21H30INO3/c1-3-4-7-12-21(26-2,17-8-5-6-9-18(17)22)23(20(24)25)19-14-15-10-11-16(19)13-15/h5-6,8-9,15-16,19H,3-4,7,10-14H2,1-2H3,(H,24,25)/t15?,16?,19?,21-/m0/s1. The first-order valence-electron chi connectivity index (χ1n) is 9.86. The molecular weight excluding hydrogens is 441 g/mol. The monoisotopic (exact) mass is 471 g/mol. The molecule has 2 fully saturated rings. The highest BCUT2D eigenvalue weighted by Gasteiger charge is 2.52. The van der Waals surface area contributed by atoms with Crippen molar-refractivity contribution in [1.82, 2.24) is 4.90 Å². The average molecular weight is 471 g/mol. The molecule has 4 nitrogen and oxygen atoms in total. The Labute approximate surface area is 170 Å². The van der Waals surface area contributed by atoms with Crippen LogP contribution in [-0.4, -0.2) is 29.3 Å². The zero-order chi connectivity index (χ0) is 18.7. The molecule has 4 atom stereocenters. The minimum Gasteiger partial charge on any atom is -0.465 e. The molecule has 1 aromatic rings. The van der Waals surface area contributed by atoms with Gasteiger partial charge in [-0.2, -0.15) is 0 Å². The van der Waals surface area contributed by atoms with Crippen molar-refractivity contribution in [2.24, 2.45) is 11.8 Å². The van der Waals surface area contributed by atoms with E-state index in [4.69, 9.17) is 4.74 Å². The van der Waals surface area contributed by atoms with Crippen LogP contribution in [0.2, 0.25) is 0 Å². The number of methoxy groups -OCH3 is 1. The summed E-state index contributed by atoms with van der Waals surface area (Å²) in [7, 11) is 1.68. The number of hydrogen-bond donors (Lipinski definition) is 1. The number of benzene rings is 1. The molecular formula is C21H30INO3. The summed E-state index contributed by atoms with van der Waals surface area (Å²) in [6.07, 6.45) is 7.57. The summed E-state index contributed by atoms with van der Waals surface area (Å²) >= 11 is 2.31. The smallest absolute Gasteiger partial charge is 0.410 e. The molecule has 0 aromatic heterocycles. The second kappa shape index (κ2) is 8.46. The van der Waals surface area contributed by atoms with Crippen LogP contribution in [0.4, 0.5) is 4.79 Å². The Balaban J connectivity index is 2.04. The molecule has 3 unspecified atom stereocenters. The van der Waals surface area contributed by atoms with Gasteiger partial charge in [-0.3, -0.25) is 4.90 Å². The van der Waals surface area contributed by atoms with Gasteiger partial charge in [0.1, 0.15) is 0 Å². The lowest BCUT2D eigenvalue weighted by Crippen LogP contribution is -2.57. The Bertz CT molecular complexity index is 637. The zero-order valence-electron chi connectivity index (χ0n) is 15.8. The van der Waals surface area contributed by atoms with Crippen LogP contribution < -0.4 is 0 Å². The van der Waals surface area contributed by atoms with Gasteiger partial charge in [0, 0.05) is 28.7 Å². The highest BCUT2D eigenvalue weighted by Crippen LogP contribution is 2.50. The number of halogens is 1. The van der Waals surface area contributed by atoms with E-state index in [1.54, 1.807) is 12.0 Å². The van der Waals surface area contributed by atoms with E-state index < -0.39 is 11.8 Å². The molecule has 1 amide bonds. The lowest BCUT2D eigenvalue weighted by Gasteiger charge is -2.47. The molecule has 0 saturated heterocycles. The molecule has 2 aliphatic carbocycles. The Kier molecular flexibility index (Phi) is 6.49. The summed E-state index contributed by atoms with van der Waals surface area (Å²) < 4.78 is 7.20. The van der Waals surface area contributed by atoms with E-state index in [0.717, 1.165) is 41.2 Å². The van der Waals surface area contributed by atoms with E-state index in [2.05, 4.69) is 29.5 Å². The van der Waals surface area contributed by atoms with Crippen molar-refractivity contribution in [3.8, 4) is 0 Å². The number of unbranched alkanes of at least 4 members (excludes halogenated alkanes) is 2. The molecule has 0 aliphatic heterocycles. The molecule has 2 aliphatic rings. The SMILES string of the molecule is CCCCC[C@](OC)(c1ccccc1I)N(C(=O)O)C1CC2CCC1C2. The van der Waals surface area contributed by atoms with Crippen molar-refractivity contribution >= 4 is 28.7 Å². The van der Waals surface area contributed by atoms with E-state index in [-0.39, 0.29) is 6.04 Å².